The molecular weight excluding hydrogens is 713 g/mol. The molecule has 0 aliphatic heterocycles. The van der Waals surface area contributed by atoms with Gasteiger partial charge in [0.25, 0.3) is 0 Å². The van der Waals surface area contributed by atoms with E-state index >= 15 is 0 Å². The Labute approximate surface area is 340 Å². The predicted octanol–water partition coefficient (Wildman–Crippen LogP) is 13.2. The highest BCUT2D eigenvalue weighted by atomic mass is 16.5. The Kier molecular flexibility index (Phi) is 10.2. The van der Waals surface area contributed by atoms with E-state index in [9.17, 15) is 10.2 Å². The van der Waals surface area contributed by atoms with Crippen molar-refractivity contribution in [3.8, 4) is 5.75 Å². The molecular formula is C54H52O4. The van der Waals surface area contributed by atoms with Gasteiger partial charge < -0.3 is 20.1 Å². The van der Waals surface area contributed by atoms with E-state index < -0.39 is 11.2 Å². The number of benzene rings is 10. The minimum absolute atomic E-state index is 0.0569. The Bertz CT molecular complexity index is 2830. The summed E-state index contributed by atoms with van der Waals surface area (Å²) in [6, 6.07) is 50.8. The predicted molar refractivity (Wildman–Crippen MR) is 246 cm³/mol. The molecule has 0 amide bonds. The number of hydrogen-bond acceptors (Lipinski definition) is 4. The Balaban J connectivity index is 0.000000123. The molecule has 0 fully saturated rings. The van der Waals surface area contributed by atoms with Crippen LogP contribution in [-0.4, -0.2) is 22.4 Å². The van der Waals surface area contributed by atoms with Gasteiger partial charge >= 0.3 is 0 Å². The fraction of sp³-hybridized carbons (Fsp3) is 0.222. The highest BCUT2D eigenvalue weighted by Crippen LogP contribution is 2.44. The van der Waals surface area contributed by atoms with Gasteiger partial charge in [-0.25, -0.2) is 0 Å². The second-order valence-electron chi connectivity index (χ2n) is 16.8. The number of aliphatic hydroxyl groups is 3. The highest BCUT2D eigenvalue weighted by molar-refractivity contribution is 6.39. The van der Waals surface area contributed by atoms with Crippen molar-refractivity contribution in [1.29, 1.82) is 0 Å². The van der Waals surface area contributed by atoms with Crippen LogP contribution in [0.2, 0.25) is 0 Å². The summed E-state index contributed by atoms with van der Waals surface area (Å²) >= 11 is 0. The molecule has 10 aromatic carbocycles. The van der Waals surface area contributed by atoms with Gasteiger partial charge in [-0.05, 0) is 148 Å². The van der Waals surface area contributed by atoms with Crippen molar-refractivity contribution in [2.24, 2.45) is 11.8 Å². The molecule has 3 N–H and O–H groups in total. The number of ether oxygens (including phenoxy) is 1. The minimum Gasteiger partial charge on any atom is -0.497 e. The third-order valence-corrected chi connectivity index (χ3v) is 12.7. The van der Waals surface area contributed by atoms with Gasteiger partial charge in [0, 0.05) is 0 Å². The van der Waals surface area contributed by atoms with Crippen LogP contribution in [0.3, 0.4) is 0 Å². The Morgan fingerprint density at radius 1 is 0.448 bits per heavy atom. The molecule has 2 atom stereocenters. The van der Waals surface area contributed by atoms with Crippen molar-refractivity contribution < 1.29 is 20.1 Å². The maximum absolute atomic E-state index is 10.5. The number of hydrogen-bond donors (Lipinski definition) is 3. The van der Waals surface area contributed by atoms with Gasteiger partial charge in [0.05, 0.1) is 24.9 Å². The lowest BCUT2D eigenvalue weighted by Gasteiger charge is -2.28. The van der Waals surface area contributed by atoms with Crippen molar-refractivity contribution in [1.82, 2.24) is 0 Å². The summed E-state index contributed by atoms with van der Waals surface area (Å²) in [6.07, 6.45) is 0. The van der Waals surface area contributed by atoms with Crippen LogP contribution in [0, 0.1) is 11.8 Å². The molecule has 0 aromatic heterocycles. The summed E-state index contributed by atoms with van der Waals surface area (Å²) in [5.74, 6) is 1.19. The van der Waals surface area contributed by atoms with Gasteiger partial charge in [-0.2, -0.15) is 0 Å². The van der Waals surface area contributed by atoms with Crippen molar-refractivity contribution in [2.45, 2.75) is 59.4 Å². The van der Waals surface area contributed by atoms with Gasteiger partial charge in [0.15, 0.2) is 0 Å². The van der Waals surface area contributed by atoms with E-state index in [1.807, 2.05) is 108 Å². The summed E-state index contributed by atoms with van der Waals surface area (Å²) in [4.78, 5) is 0. The molecule has 0 saturated carbocycles. The van der Waals surface area contributed by atoms with Crippen LogP contribution in [0.1, 0.15) is 58.2 Å². The summed E-state index contributed by atoms with van der Waals surface area (Å²) in [7, 11) is 1.67. The zero-order valence-electron chi connectivity index (χ0n) is 34.5. The first kappa shape index (κ1) is 39.1. The third-order valence-electron chi connectivity index (χ3n) is 12.7. The van der Waals surface area contributed by atoms with Crippen molar-refractivity contribution in [3.05, 3.63) is 162 Å². The smallest absolute Gasteiger partial charge is 0.119 e. The molecule has 0 aliphatic rings. The van der Waals surface area contributed by atoms with Crippen LogP contribution in [0.4, 0.5) is 0 Å². The monoisotopic (exact) mass is 764 g/mol. The molecule has 0 aliphatic carbocycles. The lowest BCUT2D eigenvalue weighted by atomic mass is 9.84. The lowest BCUT2D eigenvalue weighted by molar-refractivity contribution is 0.00891. The van der Waals surface area contributed by atoms with Gasteiger partial charge in [0.2, 0.25) is 0 Å². The van der Waals surface area contributed by atoms with Crippen molar-refractivity contribution >= 4 is 75.4 Å². The van der Waals surface area contributed by atoms with Crippen molar-refractivity contribution in [2.75, 3.05) is 7.11 Å². The Hall–Kier alpha value is -5.78. The number of fused-ring (bicyclic) bond motifs is 3. The Morgan fingerprint density at radius 2 is 0.828 bits per heavy atom. The standard InChI is InChI=1S/C22H12.2C16H20O2/c1-3-13-7-9-15-11-12-16-10-8-14-4-2-6-18-17(5-1)19(13)21(15)22(16)20(14)18;1-11(2)16(3,17)14-7-5-13-10-15(18-4)8-6-12(13)9-14;1-11(2)16(3,18)15-7-6-13-8-12(10-17)4-5-14(13)9-15/h1-12H;5-11,17H,1-4H3;4-9,11,17-18H,10H2,1-3H3. The average molecular weight is 765 g/mol. The van der Waals surface area contributed by atoms with E-state index in [1.54, 1.807) is 7.11 Å². The molecule has 0 heterocycles. The summed E-state index contributed by atoms with van der Waals surface area (Å²) in [6.45, 7) is 11.8. The van der Waals surface area contributed by atoms with E-state index in [4.69, 9.17) is 9.84 Å². The maximum atomic E-state index is 10.5. The third kappa shape index (κ3) is 6.86. The van der Waals surface area contributed by atoms with Crippen LogP contribution >= 0.6 is 0 Å². The second kappa shape index (κ2) is 15.2. The average Bonchev–Trinajstić information content (AvgIpc) is 3.24. The number of methoxy groups -OCH3 is 1. The number of rotatable bonds is 6. The topological polar surface area (TPSA) is 69.9 Å². The molecule has 10 rings (SSSR count). The van der Waals surface area contributed by atoms with Gasteiger partial charge in [-0.3, -0.25) is 0 Å². The summed E-state index contributed by atoms with van der Waals surface area (Å²) in [5.41, 5.74) is 1.18. The van der Waals surface area contributed by atoms with Crippen LogP contribution in [0.25, 0.3) is 75.4 Å². The Morgan fingerprint density at radius 3 is 1.26 bits per heavy atom. The fourth-order valence-electron chi connectivity index (χ4n) is 8.28. The maximum Gasteiger partial charge on any atom is 0.119 e. The van der Waals surface area contributed by atoms with E-state index in [1.165, 1.54) is 53.9 Å². The lowest BCUT2D eigenvalue weighted by Crippen LogP contribution is -2.27. The molecule has 4 heteroatoms. The zero-order chi connectivity index (χ0) is 40.9. The normalized spacial score (nSPS) is 14.0. The van der Waals surface area contributed by atoms with Gasteiger partial charge in [-0.1, -0.05) is 143 Å². The molecule has 292 valence electrons. The molecule has 0 radical (unpaired) electrons. The van der Waals surface area contributed by atoms with E-state index in [0.717, 1.165) is 44.0 Å². The van der Waals surface area contributed by atoms with Gasteiger partial charge in [-0.15, -0.1) is 0 Å². The largest absolute Gasteiger partial charge is 0.497 e. The fourth-order valence-corrected chi connectivity index (χ4v) is 8.28. The summed E-state index contributed by atoms with van der Waals surface area (Å²) < 4.78 is 5.21. The van der Waals surface area contributed by atoms with Crippen LogP contribution in [0.15, 0.2) is 146 Å². The van der Waals surface area contributed by atoms with Crippen LogP contribution in [0.5, 0.6) is 5.75 Å². The first-order valence-electron chi connectivity index (χ1n) is 20.3. The first-order chi connectivity index (χ1) is 27.8. The highest BCUT2D eigenvalue weighted by Gasteiger charge is 2.28. The molecule has 0 bridgehead atoms. The van der Waals surface area contributed by atoms with Crippen LogP contribution in [-0.2, 0) is 17.8 Å². The minimum atomic E-state index is -0.816. The molecule has 4 nitrogen and oxygen atoms in total. The molecule has 0 spiro atoms. The molecule has 0 saturated heterocycles. The van der Waals surface area contributed by atoms with E-state index in [-0.39, 0.29) is 18.4 Å². The second-order valence-corrected chi connectivity index (χ2v) is 16.8. The van der Waals surface area contributed by atoms with E-state index in [0.29, 0.717) is 0 Å². The quantitative estimate of drug-likeness (QED) is 0.116. The molecule has 2 unspecified atom stereocenters. The summed E-state index contributed by atoms with van der Waals surface area (Å²) in [5, 5.41) is 48.3. The molecule has 10 aromatic rings. The van der Waals surface area contributed by atoms with Crippen molar-refractivity contribution in [3.63, 3.8) is 0 Å². The molecule has 58 heavy (non-hydrogen) atoms. The van der Waals surface area contributed by atoms with Gasteiger partial charge in [0.1, 0.15) is 5.75 Å². The first-order valence-corrected chi connectivity index (χ1v) is 20.3. The van der Waals surface area contributed by atoms with Crippen LogP contribution < -0.4 is 4.74 Å². The number of aliphatic hydroxyl groups excluding tert-OH is 1. The van der Waals surface area contributed by atoms with E-state index in [2.05, 4.69) is 78.9 Å². The SMILES string of the molecule is CC(C)C(C)(O)c1ccc2cc(CO)ccc2c1.COc1ccc2cc(C(C)(O)C(C)C)ccc2c1.c1cc2ccc3ccc4ccc5cccc6c(c1)c2c3c4c56. The zero-order valence-corrected chi connectivity index (χ0v) is 34.5.